The number of benzene rings is 2. The Balaban J connectivity index is 1.64. The Bertz CT molecular complexity index is 1220. The summed E-state index contributed by atoms with van der Waals surface area (Å²) in [7, 11) is 2.94. The first kappa shape index (κ1) is 24.7. The molecule has 3 atom stereocenters. The van der Waals surface area contributed by atoms with Gasteiger partial charge in [-0.1, -0.05) is 39.3 Å². The quantitative estimate of drug-likeness (QED) is 0.389. The lowest BCUT2D eigenvalue weighted by Gasteiger charge is -2.36. The molecule has 3 aromatic rings. The highest BCUT2D eigenvalue weighted by Gasteiger charge is 2.33. The van der Waals surface area contributed by atoms with Gasteiger partial charge in [0, 0.05) is 5.39 Å². The number of ether oxygens (including phenoxy) is 3. The van der Waals surface area contributed by atoms with Crippen molar-refractivity contribution in [2.45, 2.75) is 46.1 Å². The minimum Gasteiger partial charge on any atom is -0.497 e. The monoisotopic (exact) mass is 475 g/mol. The maximum absolute atomic E-state index is 13.0. The van der Waals surface area contributed by atoms with Crippen LogP contribution in [0.4, 0.5) is 0 Å². The maximum Gasteiger partial charge on any atom is 0.356 e. The number of rotatable bonds is 6. The molecule has 184 valence electrons. The van der Waals surface area contributed by atoms with Gasteiger partial charge in [-0.15, -0.1) is 0 Å². The zero-order chi connectivity index (χ0) is 25.1. The van der Waals surface area contributed by atoms with E-state index in [2.05, 4.69) is 25.8 Å². The third-order valence-electron chi connectivity index (χ3n) is 7.06. The third-order valence-corrected chi connectivity index (χ3v) is 7.06. The molecular weight excluding hydrogens is 442 g/mol. The number of carbonyl (C=O) groups is 2. The fraction of sp³-hybridized carbons (Fsp3) is 0.414. The number of methoxy groups -OCH3 is 2. The van der Waals surface area contributed by atoms with Crippen LogP contribution in [0.25, 0.3) is 22.0 Å². The lowest BCUT2D eigenvalue weighted by atomic mass is 9.75. The van der Waals surface area contributed by atoms with Crippen molar-refractivity contribution in [3.05, 3.63) is 59.8 Å². The van der Waals surface area contributed by atoms with Crippen molar-refractivity contribution < 1.29 is 23.8 Å². The largest absolute Gasteiger partial charge is 0.497 e. The normalized spacial score (nSPS) is 20.0. The highest BCUT2D eigenvalue weighted by atomic mass is 16.5. The van der Waals surface area contributed by atoms with Gasteiger partial charge in [0.15, 0.2) is 0 Å². The fourth-order valence-electron chi connectivity index (χ4n) is 5.02. The van der Waals surface area contributed by atoms with Crippen LogP contribution >= 0.6 is 0 Å². The number of pyridine rings is 1. The predicted octanol–water partition coefficient (Wildman–Crippen LogP) is 6.31. The number of esters is 2. The zero-order valence-electron chi connectivity index (χ0n) is 21.0. The minimum atomic E-state index is -0.509. The molecule has 0 amide bonds. The summed E-state index contributed by atoms with van der Waals surface area (Å²) in [5.41, 5.74) is 3.03. The van der Waals surface area contributed by atoms with E-state index in [9.17, 15) is 9.59 Å². The van der Waals surface area contributed by atoms with Crippen molar-refractivity contribution >= 4 is 22.8 Å². The number of nitrogens with zero attached hydrogens (tertiary/aromatic N) is 1. The Hall–Kier alpha value is -3.41. The van der Waals surface area contributed by atoms with E-state index in [1.807, 2.05) is 24.3 Å². The summed E-state index contributed by atoms with van der Waals surface area (Å²) >= 11 is 0. The fourth-order valence-corrected chi connectivity index (χ4v) is 5.02. The van der Waals surface area contributed by atoms with E-state index in [4.69, 9.17) is 14.2 Å². The Morgan fingerprint density at radius 1 is 0.971 bits per heavy atom. The molecule has 1 aliphatic carbocycles. The molecule has 0 aliphatic heterocycles. The molecule has 2 aromatic carbocycles. The van der Waals surface area contributed by atoms with Crippen molar-refractivity contribution in [2.24, 2.45) is 17.8 Å². The van der Waals surface area contributed by atoms with Crippen LogP contribution in [-0.4, -0.2) is 37.2 Å². The summed E-state index contributed by atoms with van der Waals surface area (Å²) in [5, 5.41) is 0.836. The molecule has 1 aromatic heterocycles. The summed E-state index contributed by atoms with van der Waals surface area (Å²) in [4.78, 5) is 29.7. The molecule has 35 heavy (non-hydrogen) atoms. The standard InChI is InChI=1S/C29H33NO5/c1-17(2)22-12-6-18(3)14-27(22)35-28(31)20-9-7-19(8-10-20)23-16-26(29(32)34-5)30-25-13-11-21(33-4)15-24(23)25/h7-11,13,15-18,22,27H,6,12,14H2,1-5H3/t18-,22+,27-/m0/s1. The molecule has 0 saturated heterocycles. The van der Waals surface area contributed by atoms with Gasteiger partial charge in [0.1, 0.15) is 17.5 Å². The molecule has 1 saturated carbocycles. The second-order valence-corrected chi connectivity index (χ2v) is 9.78. The van der Waals surface area contributed by atoms with E-state index in [0.29, 0.717) is 34.6 Å². The van der Waals surface area contributed by atoms with Crippen LogP contribution in [0.2, 0.25) is 0 Å². The van der Waals surface area contributed by atoms with Crippen LogP contribution in [0.15, 0.2) is 48.5 Å². The van der Waals surface area contributed by atoms with E-state index in [0.717, 1.165) is 29.4 Å². The molecule has 1 aliphatic rings. The second-order valence-electron chi connectivity index (χ2n) is 9.78. The number of carbonyl (C=O) groups excluding carboxylic acids is 2. The molecule has 1 heterocycles. The molecule has 0 N–H and O–H groups in total. The Morgan fingerprint density at radius 2 is 1.71 bits per heavy atom. The molecule has 0 radical (unpaired) electrons. The SMILES string of the molecule is COC(=O)c1cc(-c2ccc(C(=O)O[C@H]3C[C@@H](C)CC[C@@H]3C(C)C)cc2)c2cc(OC)ccc2n1. The summed E-state index contributed by atoms with van der Waals surface area (Å²) in [6, 6.07) is 14.5. The Labute approximate surface area is 206 Å². The highest BCUT2D eigenvalue weighted by molar-refractivity contribution is 6.00. The van der Waals surface area contributed by atoms with E-state index in [1.54, 1.807) is 31.4 Å². The number of fused-ring (bicyclic) bond motifs is 1. The number of aromatic nitrogens is 1. The molecule has 0 spiro atoms. The van der Waals surface area contributed by atoms with Gasteiger partial charge in [-0.25, -0.2) is 14.6 Å². The van der Waals surface area contributed by atoms with Crippen LogP contribution < -0.4 is 4.74 Å². The van der Waals surface area contributed by atoms with Gasteiger partial charge in [-0.05, 0) is 78.1 Å². The smallest absolute Gasteiger partial charge is 0.356 e. The van der Waals surface area contributed by atoms with E-state index < -0.39 is 5.97 Å². The Kier molecular flexibility index (Phi) is 7.39. The van der Waals surface area contributed by atoms with Crippen molar-refractivity contribution in [1.29, 1.82) is 0 Å². The van der Waals surface area contributed by atoms with Crippen LogP contribution in [0.1, 0.15) is 60.9 Å². The Morgan fingerprint density at radius 3 is 2.37 bits per heavy atom. The van der Waals surface area contributed by atoms with Crippen LogP contribution in [0, 0.1) is 17.8 Å². The van der Waals surface area contributed by atoms with E-state index in [1.165, 1.54) is 13.5 Å². The van der Waals surface area contributed by atoms with Crippen LogP contribution in [-0.2, 0) is 9.47 Å². The highest BCUT2D eigenvalue weighted by Crippen LogP contribution is 2.36. The van der Waals surface area contributed by atoms with Gasteiger partial charge in [-0.3, -0.25) is 0 Å². The van der Waals surface area contributed by atoms with E-state index >= 15 is 0 Å². The van der Waals surface area contributed by atoms with Gasteiger partial charge < -0.3 is 14.2 Å². The topological polar surface area (TPSA) is 74.7 Å². The first-order chi connectivity index (χ1) is 16.8. The minimum absolute atomic E-state index is 0.0508. The lowest BCUT2D eigenvalue weighted by Crippen LogP contribution is -2.35. The average Bonchev–Trinajstić information content (AvgIpc) is 2.87. The van der Waals surface area contributed by atoms with Gasteiger partial charge in [0.25, 0.3) is 0 Å². The third kappa shape index (κ3) is 5.31. The summed E-state index contributed by atoms with van der Waals surface area (Å²) < 4.78 is 16.3. The number of hydrogen-bond donors (Lipinski definition) is 0. The van der Waals surface area contributed by atoms with Crippen molar-refractivity contribution in [1.82, 2.24) is 4.98 Å². The molecule has 1 fully saturated rings. The van der Waals surface area contributed by atoms with Crippen molar-refractivity contribution in [2.75, 3.05) is 14.2 Å². The van der Waals surface area contributed by atoms with Crippen molar-refractivity contribution in [3.63, 3.8) is 0 Å². The molecule has 0 bridgehead atoms. The maximum atomic E-state index is 13.0. The van der Waals surface area contributed by atoms with Crippen LogP contribution in [0.5, 0.6) is 5.75 Å². The van der Waals surface area contributed by atoms with Crippen LogP contribution in [0.3, 0.4) is 0 Å². The molecule has 4 rings (SSSR count). The molecular formula is C29H33NO5. The zero-order valence-corrected chi connectivity index (χ0v) is 21.0. The van der Waals surface area contributed by atoms with Gasteiger partial charge in [0.2, 0.25) is 0 Å². The predicted molar refractivity (Wildman–Crippen MR) is 136 cm³/mol. The molecule has 6 heteroatoms. The second kappa shape index (κ2) is 10.5. The summed E-state index contributed by atoms with van der Waals surface area (Å²) in [6.45, 7) is 6.63. The first-order valence-electron chi connectivity index (χ1n) is 12.2. The van der Waals surface area contributed by atoms with Gasteiger partial charge in [0.05, 0.1) is 25.3 Å². The van der Waals surface area contributed by atoms with E-state index in [-0.39, 0.29) is 17.8 Å². The summed E-state index contributed by atoms with van der Waals surface area (Å²) in [5.74, 6) is 1.32. The lowest BCUT2D eigenvalue weighted by molar-refractivity contribution is -0.0174. The average molecular weight is 476 g/mol. The molecule has 0 unspecified atom stereocenters. The first-order valence-corrected chi connectivity index (χ1v) is 12.2. The van der Waals surface area contributed by atoms with Gasteiger partial charge >= 0.3 is 11.9 Å². The number of hydrogen-bond acceptors (Lipinski definition) is 6. The molecule has 6 nitrogen and oxygen atoms in total. The summed E-state index contributed by atoms with van der Waals surface area (Å²) in [6.07, 6.45) is 3.14. The van der Waals surface area contributed by atoms with Crippen molar-refractivity contribution in [3.8, 4) is 16.9 Å². The van der Waals surface area contributed by atoms with Gasteiger partial charge in [-0.2, -0.15) is 0 Å².